The van der Waals surface area contributed by atoms with Crippen LogP contribution in [0.4, 0.5) is 9.18 Å². The number of aliphatic hydroxyl groups excluding tert-OH is 2. The molecule has 0 bridgehead atoms. The number of urea groups is 1. The molecule has 14 heteroatoms. The fourth-order valence-corrected chi connectivity index (χ4v) is 4.71. The number of hydrogen-bond donors (Lipinski definition) is 4. The van der Waals surface area contributed by atoms with Crippen LogP contribution < -0.4 is 14.9 Å². The van der Waals surface area contributed by atoms with E-state index in [-0.39, 0.29) is 5.75 Å². The molecule has 2 aliphatic rings. The van der Waals surface area contributed by atoms with Gasteiger partial charge < -0.3 is 29.5 Å². The van der Waals surface area contributed by atoms with E-state index >= 15 is 4.39 Å². The first kappa shape index (κ1) is 27.5. The fourth-order valence-electron chi connectivity index (χ4n) is 3.26. The molecule has 198 valence electrons. The Morgan fingerprint density at radius 3 is 2.61 bits per heavy atom. The second-order valence-corrected chi connectivity index (χ2v) is 10.2. The van der Waals surface area contributed by atoms with Gasteiger partial charge in [-0.25, -0.2) is 13.8 Å². The molecular weight excluding hydrogens is 500 g/mol. The fraction of sp³-hybridized carbons (Fsp3) is 0.455. The maximum Gasteiger partial charge on any atom is 0.459 e. The summed E-state index contributed by atoms with van der Waals surface area (Å²) in [6.07, 6.45) is -1.05. The minimum absolute atomic E-state index is 0.144. The number of benzene rings is 1. The topological polar surface area (TPSA) is 156 Å². The van der Waals surface area contributed by atoms with Crippen molar-refractivity contribution in [3.05, 3.63) is 54.1 Å². The Hall–Kier alpha value is -3.12. The highest BCUT2D eigenvalue weighted by Gasteiger charge is 2.53. The zero-order valence-corrected chi connectivity index (χ0v) is 21.0. The second kappa shape index (κ2) is 10.9. The van der Waals surface area contributed by atoms with Crippen molar-refractivity contribution in [1.29, 1.82) is 0 Å². The number of ether oxygens (including phenoxy) is 2. The van der Waals surface area contributed by atoms with Crippen LogP contribution in [-0.2, 0) is 23.4 Å². The van der Waals surface area contributed by atoms with Crippen molar-refractivity contribution < 1.29 is 47.3 Å². The molecule has 0 saturated carbocycles. The van der Waals surface area contributed by atoms with E-state index in [9.17, 15) is 24.4 Å². The SMILES string of the molecule is CC(C)OC(=O)[C@H](C)NP(=O)(OCC1=C(O)C(C)(F)[C@H](N2C=CC(O)NC2=O)O1)Oc1ccccc1. The van der Waals surface area contributed by atoms with Crippen molar-refractivity contribution in [3.8, 4) is 5.75 Å². The Morgan fingerprint density at radius 1 is 1.33 bits per heavy atom. The lowest BCUT2D eigenvalue weighted by Gasteiger charge is -2.34. The molecule has 0 fully saturated rings. The number of amides is 2. The predicted octanol–water partition coefficient (Wildman–Crippen LogP) is 2.83. The minimum atomic E-state index is -4.33. The zero-order valence-electron chi connectivity index (χ0n) is 20.1. The molecule has 0 radical (unpaired) electrons. The number of rotatable bonds is 10. The lowest BCUT2D eigenvalue weighted by molar-refractivity contribution is -0.149. The van der Waals surface area contributed by atoms with E-state index in [1.54, 1.807) is 32.0 Å². The summed E-state index contributed by atoms with van der Waals surface area (Å²) in [6.45, 7) is 4.93. The van der Waals surface area contributed by atoms with Crippen molar-refractivity contribution in [3.63, 3.8) is 0 Å². The first-order valence-electron chi connectivity index (χ1n) is 11.0. The number of carbonyl (C=O) groups is 2. The van der Waals surface area contributed by atoms with Gasteiger partial charge in [0.1, 0.15) is 24.6 Å². The van der Waals surface area contributed by atoms with Gasteiger partial charge in [0.25, 0.3) is 0 Å². The van der Waals surface area contributed by atoms with Gasteiger partial charge >= 0.3 is 19.7 Å². The smallest absolute Gasteiger partial charge is 0.459 e. The summed E-state index contributed by atoms with van der Waals surface area (Å²) in [4.78, 5) is 25.2. The normalized spacial score (nSPS) is 26.3. The Kier molecular flexibility index (Phi) is 8.29. The maximum atomic E-state index is 15.4. The van der Waals surface area contributed by atoms with Crippen molar-refractivity contribution in [2.45, 2.75) is 58.0 Å². The van der Waals surface area contributed by atoms with Gasteiger partial charge in [-0.15, -0.1) is 0 Å². The molecule has 0 aliphatic carbocycles. The monoisotopic (exact) mass is 529 g/mol. The van der Waals surface area contributed by atoms with Crippen molar-refractivity contribution in [1.82, 2.24) is 15.3 Å². The third-order valence-corrected chi connectivity index (χ3v) is 6.65. The highest BCUT2D eigenvalue weighted by molar-refractivity contribution is 7.52. The standard InChI is InChI=1S/C22H29FN3O9P/c1-13(2)33-19(29)14(3)25-36(31,35-15-8-6-5-7-9-15)32-12-16-18(28)22(4,23)20(34-16)26-11-10-17(27)24-21(26)30/h5-11,13-14,17,20,27-28H,12H2,1-4H3,(H,24,30)(H,25,31)/t14-,17?,20+,22?,36?/m0/s1. The third-order valence-electron chi connectivity index (χ3n) is 5.02. The van der Waals surface area contributed by atoms with Crippen LogP contribution in [0.25, 0.3) is 0 Å². The maximum absolute atomic E-state index is 15.4. The molecule has 5 atom stereocenters. The quantitative estimate of drug-likeness (QED) is 0.263. The number of nitrogens with one attached hydrogen (secondary N) is 2. The van der Waals surface area contributed by atoms with E-state index in [4.69, 9.17) is 18.5 Å². The molecule has 0 saturated heterocycles. The van der Waals surface area contributed by atoms with Gasteiger partial charge in [-0.1, -0.05) is 18.2 Å². The molecule has 2 amide bonds. The minimum Gasteiger partial charge on any atom is -0.506 e. The van der Waals surface area contributed by atoms with E-state index in [1.165, 1.54) is 25.1 Å². The Balaban J connectivity index is 1.78. The summed E-state index contributed by atoms with van der Waals surface area (Å²) in [5.41, 5.74) is -2.57. The zero-order chi connectivity index (χ0) is 26.7. The van der Waals surface area contributed by atoms with Gasteiger partial charge in [-0.3, -0.25) is 14.2 Å². The van der Waals surface area contributed by atoms with Crippen LogP contribution in [0.3, 0.4) is 0 Å². The van der Waals surface area contributed by atoms with Crippen molar-refractivity contribution in [2.75, 3.05) is 6.61 Å². The van der Waals surface area contributed by atoms with E-state index < -0.39 is 68.1 Å². The second-order valence-electron chi connectivity index (χ2n) is 8.47. The average Bonchev–Trinajstić information content (AvgIpc) is 3.01. The van der Waals surface area contributed by atoms with Crippen LogP contribution in [0.15, 0.2) is 54.1 Å². The van der Waals surface area contributed by atoms with Gasteiger partial charge in [0, 0.05) is 6.20 Å². The van der Waals surface area contributed by atoms with Gasteiger partial charge in [-0.05, 0) is 45.9 Å². The average molecular weight is 529 g/mol. The van der Waals surface area contributed by atoms with Crippen LogP contribution in [0, 0.1) is 0 Å². The number of carbonyl (C=O) groups excluding carboxylic acids is 2. The van der Waals surface area contributed by atoms with Gasteiger partial charge in [-0.2, -0.15) is 5.09 Å². The van der Waals surface area contributed by atoms with Gasteiger partial charge in [0.05, 0.1) is 6.10 Å². The van der Waals surface area contributed by atoms with Crippen LogP contribution in [0.5, 0.6) is 5.75 Å². The molecule has 2 heterocycles. The number of para-hydroxylation sites is 1. The first-order chi connectivity index (χ1) is 16.8. The molecule has 3 unspecified atom stereocenters. The lowest BCUT2D eigenvalue weighted by atomic mass is 10.0. The van der Waals surface area contributed by atoms with Crippen molar-refractivity contribution >= 4 is 19.7 Å². The summed E-state index contributed by atoms with van der Waals surface area (Å²) in [5, 5.41) is 24.6. The largest absolute Gasteiger partial charge is 0.506 e. The van der Waals surface area contributed by atoms with Gasteiger partial charge in [0.15, 0.2) is 11.5 Å². The molecule has 3 rings (SSSR count). The number of alkyl halides is 1. The van der Waals surface area contributed by atoms with Crippen LogP contribution in [0.2, 0.25) is 0 Å². The van der Waals surface area contributed by atoms with E-state index in [1.807, 2.05) is 0 Å². The van der Waals surface area contributed by atoms with Crippen LogP contribution >= 0.6 is 7.75 Å². The van der Waals surface area contributed by atoms with Crippen molar-refractivity contribution in [2.24, 2.45) is 0 Å². The lowest BCUT2D eigenvalue weighted by Crippen LogP contribution is -2.55. The third kappa shape index (κ3) is 6.35. The molecule has 4 N–H and O–H groups in total. The summed E-state index contributed by atoms with van der Waals surface area (Å²) < 4.78 is 50.4. The molecule has 1 aromatic carbocycles. The Morgan fingerprint density at radius 2 is 2.00 bits per heavy atom. The molecular formula is C22H29FN3O9P. The summed E-state index contributed by atoms with van der Waals surface area (Å²) >= 11 is 0. The number of hydrogen-bond acceptors (Lipinski definition) is 9. The van der Waals surface area contributed by atoms with Crippen LogP contribution in [-0.4, -0.2) is 64.0 Å². The molecule has 1 aromatic rings. The number of halogens is 1. The molecule has 12 nitrogen and oxygen atoms in total. The van der Waals surface area contributed by atoms with Crippen LogP contribution in [0.1, 0.15) is 27.7 Å². The molecule has 0 spiro atoms. The Bertz CT molecular complexity index is 1080. The highest BCUT2D eigenvalue weighted by atomic mass is 31.2. The van der Waals surface area contributed by atoms with E-state index in [0.717, 1.165) is 18.0 Å². The summed E-state index contributed by atoms with van der Waals surface area (Å²) in [5.74, 6) is -1.91. The first-order valence-corrected chi connectivity index (χ1v) is 12.6. The molecule has 0 aromatic heterocycles. The van der Waals surface area contributed by atoms with Gasteiger partial charge in [0.2, 0.25) is 11.9 Å². The van der Waals surface area contributed by atoms with E-state index in [2.05, 4.69) is 10.4 Å². The highest BCUT2D eigenvalue weighted by Crippen LogP contribution is 2.47. The Labute approximate surface area is 207 Å². The predicted molar refractivity (Wildman–Crippen MR) is 124 cm³/mol. The number of esters is 1. The molecule has 36 heavy (non-hydrogen) atoms. The number of aliphatic hydroxyl groups is 2. The summed E-state index contributed by atoms with van der Waals surface area (Å²) in [6, 6.07) is 5.96. The number of nitrogens with zero attached hydrogens (tertiary/aromatic N) is 1. The van der Waals surface area contributed by atoms with E-state index in [0.29, 0.717) is 0 Å². The summed E-state index contributed by atoms with van der Waals surface area (Å²) in [7, 11) is -4.33. The molecule has 2 aliphatic heterocycles.